The molecule has 0 radical (unpaired) electrons. The molecule has 0 spiro atoms. The van der Waals surface area contributed by atoms with Gasteiger partial charge in [0.15, 0.2) is 13.2 Å². The van der Waals surface area contributed by atoms with Crippen molar-refractivity contribution in [3.8, 4) is 11.8 Å². The maximum absolute atomic E-state index is 12.5. The molecule has 9 nitrogen and oxygen atoms in total. The van der Waals surface area contributed by atoms with E-state index in [2.05, 4.69) is 14.7 Å². The van der Waals surface area contributed by atoms with Crippen molar-refractivity contribution in [3.05, 3.63) is 47.8 Å². The van der Waals surface area contributed by atoms with Gasteiger partial charge in [-0.3, -0.25) is 9.63 Å². The first-order chi connectivity index (χ1) is 15.2. The summed E-state index contributed by atoms with van der Waals surface area (Å²) >= 11 is 0. The summed E-state index contributed by atoms with van der Waals surface area (Å²) in [4.78, 5) is 34.1. The van der Waals surface area contributed by atoms with Gasteiger partial charge in [-0.2, -0.15) is 0 Å². The van der Waals surface area contributed by atoms with E-state index in [1.165, 1.54) is 44.6 Å². The highest BCUT2D eigenvalue weighted by Crippen LogP contribution is 2.16. The molecule has 0 aliphatic rings. The molecule has 2 aromatic heterocycles. The Morgan fingerprint density at radius 2 is 1.33 bits per heavy atom. The Bertz CT molecular complexity index is 900. The van der Waals surface area contributed by atoms with Crippen molar-refractivity contribution in [2.45, 2.75) is 25.7 Å². The van der Waals surface area contributed by atoms with Crippen molar-refractivity contribution in [2.75, 3.05) is 27.4 Å². The number of halogens is 4. The molecule has 13 heteroatoms. The summed E-state index contributed by atoms with van der Waals surface area (Å²) < 4.78 is 59.2. The highest BCUT2D eigenvalue weighted by atomic mass is 19.3. The Kier molecular flexibility index (Phi) is 9.98. The molecule has 182 valence electrons. The van der Waals surface area contributed by atoms with Gasteiger partial charge in [-0.1, -0.05) is 0 Å². The fourth-order valence-electron chi connectivity index (χ4n) is 1.85. The molecule has 0 atom stereocenters. The molecule has 0 saturated heterocycles. The third-order valence-electron chi connectivity index (χ3n) is 3.47. The molecule has 33 heavy (non-hydrogen) atoms. The van der Waals surface area contributed by atoms with E-state index < -0.39 is 36.9 Å². The summed E-state index contributed by atoms with van der Waals surface area (Å²) in [6.45, 7) is -0.0747. The Hall–Kier alpha value is -3.48. The van der Waals surface area contributed by atoms with E-state index in [1.807, 2.05) is 0 Å². The summed E-state index contributed by atoms with van der Waals surface area (Å²) in [7, 11) is 2.80. The lowest BCUT2D eigenvalue weighted by Crippen LogP contribution is -2.25. The zero-order valence-electron chi connectivity index (χ0n) is 18.2. The van der Waals surface area contributed by atoms with Gasteiger partial charge in [-0.15, -0.1) is 0 Å². The fourth-order valence-corrected chi connectivity index (χ4v) is 1.85. The number of hydrogen-bond donors (Lipinski definition) is 1. The number of aromatic carboxylic acids is 1. The second-order valence-corrected chi connectivity index (χ2v) is 6.78. The fraction of sp³-hybridized carbons (Fsp3) is 0.400. The van der Waals surface area contributed by atoms with E-state index in [0.29, 0.717) is 0 Å². The topological polar surface area (TPSA) is 111 Å². The molecule has 0 aliphatic heterocycles. The van der Waals surface area contributed by atoms with Crippen LogP contribution in [0, 0.1) is 0 Å². The summed E-state index contributed by atoms with van der Waals surface area (Å²) in [5.74, 6) is -7.37. The quantitative estimate of drug-likeness (QED) is 0.431. The largest absolute Gasteiger partial charge is 0.478 e. The van der Waals surface area contributed by atoms with Crippen molar-refractivity contribution in [2.24, 2.45) is 0 Å². The Morgan fingerprint density at radius 3 is 1.64 bits per heavy atom. The summed E-state index contributed by atoms with van der Waals surface area (Å²) in [6.07, 6.45) is 2.28. The van der Waals surface area contributed by atoms with Gasteiger partial charge in [-0.05, 0) is 12.1 Å². The number of carboxylic acids is 1. The molecule has 0 unspecified atom stereocenters. The normalized spacial score (nSPS) is 11.2. The molecule has 1 N–H and O–H groups in total. The standard InChI is InChI=1S/C11H14F2N2O3.C9H9F2NO3/c1-11(12,13)7-18-9-5-4-8(6-14-9)10(16)15(2)17-3;1-9(10,11)5-15-7-3-2-6(4-12-7)8(13)14/h4-6H,7H2,1-3H3;2-4H,5H2,1H3,(H,13,14). The predicted molar refractivity (Wildman–Crippen MR) is 107 cm³/mol. The number of carbonyl (C=O) groups is 2. The number of pyridine rings is 2. The van der Waals surface area contributed by atoms with Crippen LogP contribution in [0.3, 0.4) is 0 Å². The number of carbonyl (C=O) groups excluding carboxylic acids is 1. The highest BCUT2D eigenvalue weighted by molar-refractivity contribution is 5.93. The number of ether oxygens (including phenoxy) is 2. The Morgan fingerprint density at radius 1 is 0.909 bits per heavy atom. The number of hydroxylamine groups is 2. The molecule has 2 aromatic rings. The lowest BCUT2D eigenvalue weighted by atomic mass is 10.2. The first kappa shape index (κ1) is 27.6. The van der Waals surface area contributed by atoms with Gasteiger partial charge in [0.2, 0.25) is 11.8 Å². The van der Waals surface area contributed by atoms with Crippen LogP contribution in [0.4, 0.5) is 17.6 Å². The number of amides is 1. The van der Waals surface area contributed by atoms with Crippen molar-refractivity contribution in [1.29, 1.82) is 0 Å². The van der Waals surface area contributed by atoms with Crippen LogP contribution in [0.2, 0.25) is 0 Å². The highest BCUT2D eigenvalue weighted by Gasteiger charge is 2.23. The smallest absolute Gasteiger partial charge is 0.337 e. The van der Waals surface area contributed by atoms with E-state index in [-0.39, 0.29) is 22.9 Å². The number of nitrogens with zero attached hydrogens (tertiary/aromatic N) is 3. The molecule has 2 rings (SSSR count). The molecule has 0 saturated carbocycles. The van der Waals surface area contributed by atoms with Crippen LogP contribution in [-0.4, -0.2) is 71.2 Å². The van der Waals surface area contributed by atoms with Gasteiger partial charge < -0.3 is 14.6 Å². The Balaban J connectivity index is 0.000000335. The summed E-state index contributed by atoms with van der Waals surface area (Å²) in [5.41, 5.74) is 0.251. The first-order valence-electron chi connectivity index (χ1n) is 9.20. The second kappa shape index (κ2) is 11.9. The molecule has 0 aliphatic carbocycles. The Labute approximate surface area is 186 Å². The van der Waals surface area contributed by atoms with E-state index in [1.54, 1.807) is 0 Å². The molecule has 0 aromatic carbocycles. The third kappa shape index (κ3) is 11.1. The van der Waals surface area contributed by atoms with E-state index in [9.17, 15) is 27.2 Å². The lowest BCUT2D eigenvalue weighted by molar-refractivity contribution is -0.0757. The van der Waals surface area contributed by atoms with Crippen LogP contribution in [-0.2, 0) is 4.84 Å². The van der Waals surface area contributed by atoms with Crippen molar-refractivity contribution >= 4 is 11.9 Å². The van der Waals surface area contributed by atoms with Gasteiger partial charge in [0.05, 0.1) is 18.2 Å². The minimum atomic E-state index is -2.94. The molecule has 1 amide bonds. The molecule has 2 heterocycles. The van der Waals surface area contributed by atoms with Crippen LogP contribution in [0.15, 0.2) is 36.7 Å². The predicted octanol–water partition coefficient (Wildman–Crippen LogP) is 3.56. The number of rotatable bonds is 9. The van der Waals surface area contributed by atoms with Gasteiger partial charge in [0.1, 0.15) is 0 Å². The second-order valence-electron chi connectivity index (χ2n) is 6.78. The van der Waals surface area contributed by atoms with E-state index in [0.717, 1.165) is 25.1 Å². The summed E-state index contributed by atoms with van der Waals surface area (Å²) in [6, 6.07) is 5.24. The monoisotopic (exact) mass is 477 g/mol. The van der Waals surface area contributed by atoms with Gasteiger partial charge in [0.25, 0.3) is 17.8 Å². The molecular weight excluding hydrogens is 454 g/mol. The van der Waals surface area contributed by atoms with Gasteiger partial charge in [-0.25, -0.2) is 37.4 Å². The minimum Gasteiger partial charge on any atom is -0.478 e. The molecule has 0 bridgehead atoms. The van der Waals surface area contributed by atoms with Crippen LogP contribution in [0.5, 0.6) is 11.8 Å². The number of carboxylic acid groups (broad SMARTS) is 1. The van der Waals surface area contributed by atoms with Gasteiger partial charge >= 0.3 is 5.97 Å². The number of hydrogen-bond acceptors (Lipinski definition) is 7. The summed E-state index contributed by atoms with van der Waals surface area (Å²) in [5, 5.41) is 9.56. The van der Waals surface area contributed by atoms with E-state index in [4.69, 9.17) is 14.7 Å². The lowest BCUT2D eigenvalue weighted by Gasteiger charge is -2.14. The van der Waals surface area contributed by atoms with Gasteiger partial charge in [0, 0.05) is 45.4 Å². The maximum atomic E-state index is 12.5. The molecule has 0 fully saturated rings. The van der Waals surface area contributed by atoms with Crippen molar-refractivity contribution < 1.29 is 46.6 Å². The average Bonchev–Trinajstić information content (AvgIpc) is 2.75. The molecular formula is C20H23F4N3O6. The third-order valence-corrected chi connectivity index (χ3v) is 3.47. The first-order valence-corrected chi connectivity index (χ1v) is 9.20. The number of alkyl halides is 4. The SMILES string of the molecule is CC(F)(F)COc1ccc(C(=O)O)cn1.CON(C)C(=O)c1ccc(OCC(C)(F)F)nc1. The average molecular weight is 477 g/mol. The van der Waals surface area contributed by atoms with Crippen molar-refractivity contribution in [1.82, 2.24) is 15.0 Å². The maximum Gasteiger partial charge on any atom is 0.337 e. The van der Waals surface area contributed by atoms with Crippen LogP contribution >= 0.6 is 0 Å². The van der Waals surface area contributed by atoms with Crippen LogP contribution < -0.4 is 9.47 Å². The minimum absolute atomic E-state index is 0.0226. The van der Waals surface area contributed by atoms with Crippen LogP contribution in [0.25, 0.3) is 0 Å². The zero-order valence-corrected chi connectivity index (χ0v) is 18.2. The number of aromatic nitrogens is 2. The zero-order chi connectivity index (χ0) is 25.2. The van der Waals surface area contributed by atoms with Crippen LogP contribution in [0.1, 0.15) is 34.6 Å². The van der Waals surface area contributed by atoms with E-state index >= 15 is 0 Å². The van der Waals surface area contributed by atoms with Crippen molar-refractivity contribution in [3.63, 3.8) is 0 Å².